The molecule has 1 aliphatic rings. The first-order valence-corrected chi connectivity index (χ1v) is 6.97. The number of benzene rings is 1. The molecule has 1 fully saturated rings. The molecule has 0 radical (unpaired) electrons. The van der Waals surface area contributed by atoms with Crippen molar-refractivity contribution in [3.8, 4) is 0 Å². The third-order valence-corrected chi connectivity index (χ3v) is 3.67. The van der Waals surface area contributed by atoms with Crippen molar-refractivity contribution in [2.45, 2.75) is 13.0 Å². The normalized spacial score (nSPS) is 20.9. The summed E-state index contributed by atoms with van der Waals surface area (Å²) in [4.78, 5) is 2.39. The molecule has 2 rings (SSSR count). The fourth-order valence-corrected chi connectivity index (χ4v) is 2.52. The second-order valence-electron chi connectivity index (χ2n) is 4.39. The van der Waals surface area contributed by atoms with E-state index in [1.807, 2.05) is 12.1 Å². The van der Waals surface area contributed by atoms with Crippen molar-refractivity contribution in [2.24, 2.45) is 0 Å². The summed E-state index contributed by atoms with van der Waals surface area (Å²) >= 11 is 12.0. The van der Waals surface area contributed by atoms with Crippen LogP contribution >= 0.6 is 23.2 Å². The maximum Gasteiger partial charge on any atom is 0.0874 e. The fourth-order valence-electron chi connectivity index (χ4n) is 2.05. The highest BCUT2D eigenvalue weighted by atomic mass is 35.5. The fraction of sp³-hybridized carbons (Fsp3) is 0.538. The van der Waals surface area contributed by atoms with Crippen LogP contribution in [0, 0.1) is 0 Å². The predicted molar refractivity (Wildman–Crippen MR) is 76.8 cm³/mol. The highest BCUT2D eigenvalue weighted by Gasteiger charge is 2.19. The first kappa shape index (κ1) is 13.9. The van der Waals surface area contributed by atoms with E-state index in [-0.39, 0.29) is 6.10 Å². The number of hydrogen-bond acceptors (Lipinski definition) is 3. The van der Waals surface area contributed by atoms with Crippen LogP contribution in [0.3, 0.4) is 0 Å². The highest BCUT2D eigenvalue weighted by molar-refractivity contribution is 6.36. The molecule has 1 heterocycles. The Kier molecular flexibility index (Phi) is 5.13. The summed E-state index contributed by atoms with van der Waals surface area (Å²) < 4.78 is 5.72. The van der Waals surface area contributed by atoms with Crippen molar-refractivity contribution in [3.05, 3.63) is 28.2 Å². The van der Waals surface area contributed by atoms with Crippen LogP contribution in [-0.2, 0) is 4.74 Å². The number of nitrogens with zero attached hydrogens (tertiary/aromatic N) is 1. The van der Waals surface area contributed by atoms with Crippen LogP contribution in [0.2, 0.25) is 10.0 Å². The van der Waals surface area contributed by atoms with E-state index in [9.17, 15) is 0 Å². The lowest BCUT2D eigenvalue weighted by Gasteiger charge is -2.32. The molecular weight excluding hydrogens is 271 g/mol. The maximum atomic E-state index is 6.10. The van der Waals surface area contributed by atoms with Crippen LogP contribution in [0.25, 0.3) is 0 Å². The Morgan fingerprint density at radius 1 is 1.44 bits per heavy atom. The van der Waals surface area contributed by atoms with E-state index >= 15 is 0 Å². The van der Waals surface area contributed by atoms with Crippen molar-refractivity contribution in [1.82, 2.24) is 4.90 Å². The molecule has 0 saturated carbocycles. The number of anilines is 1. The Balaban J connectivity index is 1.87. The second kappa shape index (κ2) is 6.62. The van der Waals surface area contributed by atoms with Gasteiger partial charge in [0.1, 0.15) is 0 Å². The number of likely N-dealkylation sites (N-methyl/N-ethyl adjacent to an activating group) is 1. The van der Waals surface area contributed by atoms with E-state index in [2.05, 4.69) is 17.1 Å². The Labute approximate surface area is 118 Å². The van der Waals surface area contributed by atoms with Crippen molar-refractivity contribution in [2.75, 3.05) is 38.1 Å². The van der Waals surface area contributed by atoms with E-state index in [1.54, 1.807) is 6.07 Å². The van der Waals surface area contributed by atoms with Crippen LogP contribution < -0.4 is 5.32 Å². The van der Waals surface area contributed by atoms with E-state index < -0.39 is 0 Å². The molecule has 1 N–H and O–H groups in total. The topological polar surface area (TPSA) is 24.5 Å². The van der Waals surface area contributed by atoms with Crippen molar-refractivity contribution < 1.29 is 4.74 Å². The molecule has 3 nitrogen and oxygen atoms in total. The Morgan fingerprint density at radius 3 is 3.00 bits per heavy atom. The first-order valence-electron chi connectivity index (χ1n) is 6.22. The number of rotatable bonds is 4. The number of nitrogens with one attached hydrogen (secondary N) is 1. The summed E-state index contributed by atoms with van der Waals surface area (Å²) in [6, 6.07) is 5.46. The third kappa shape index (κ3) is 3.75. The van der Waals surface area contributed by atoms with Gasteiger partial charge in [0.05, 0.1) is 23.4 Å². The van der Waals surface area contributed by atoms with Gasteiger partial charge in [-0.2, -0.15) is 0 Å². The van der Waals surface area contributed by atoms with E-state index in [0.29, 0.717) is 10.0 Å². The number of morpholine rings is 1. The largest absolute Gasteiger partial charge is 0.381 e. The third-order valence-electron chi connectivity index (χ3n) is 3.12. The molecule has 1 unspecified atom stereocenters. The van der Waals surface area contributed by atoms with Gasteiger partial charge < -0.3 is 10.1 Å². The number of ether oxygens (including phenoxy) is 1. The standard InChI is InChI=1S/C13H18Cl2N2O/c1-2-17-5-6-18-11(9-17)8-16-13-4-3-10(14)7-12(13)15/h3-4,7,11,16H,2,5-6,8-9H2,1H3. The van der Waals surface area contributed by atoms with Crippen LogP contribution in [0.5, 0.6) is 0 Å². The van der Waals surface area contributed by atoms with Gasteiger partial charge in [0.15, 0.2) is 0 Å². The van der Waals surface area contributed by atoms with Crippen LogP contribution in [0.4, 0.5) is 5.69 Å². The molecule has 100 valence electrons. The monoisotopic (exact) mass is 288 g/mol. The zero-order valence-electron chi connectivity index (χ0n) is 10.5. The van der Waals surface area contributed by atoms with Crippen molar-refractivity contribution >= 4 is 28.9 Å². The molecule has 0 bridgehead atoms. The number of halogens is 2. The zero-order valence-corrected chi connectivity index (χ0v) is 12.0. The lowest BCUT2D eigenvalue weighted by molar-refractivity contribution is -0.0191. The quantitative estimate of drug-likeness (QED) is 0.921. The lowest BCUT2D eigenvalue weighted by atomic mass is 10.2. The molecule has 0 aromatic heterocycles. The molecule has 1 atom stereocenters. The average molecular weight is 289 g/mol. The van der Waals surface area contributed by atoms with E-state index in [1.165, 1.54) is 0 Å². The molecule has 1 saturated heterocycles. The van der Waals surface area contributed by atoms with Crippen molar-refractivity contribution in [3.63, 3.8) is 0 Å². The summed E-state index contributed by atoms with van der Waals surface area (Å²) in [5.41, 5.74) is 0.901. The maximum absolute atomic E-state index is 6.10. The molecule has 0 amide bonds. The Bertz CT molecular complexity index is 401. The van der Waals surface area contributed by atoms with Gasteiger partial charge in [-0.25, -0.2) is 0 Å². The van der Waals surface area contributed by atoms with Crippen molar-refractivity contribution in [1.29, 1.82) is 0 Å². The van der Waals surface area contributed by atoms with Gasteiger partial charge in [0.25, 0.3) is 0 Å². The summed E-state index contributed by atoms with van der Waals surface area (Å²) in [5, 5.41) is 4.61. The van der Waals surface area contributed by atoms with Gasteiger partial charge in [-0.3, -0.25) is 4.90 Å². The number of hydrogen-bond donors (Lipinski definition) is 1. The molecule has 1 aromatic rings. The molecule has 0 spiro atoms. The van der Waals surface area contributed by atoms with E-state index in [0.717, 1.165) is 38.5 Å². The van der Waals surface area contributed by atoms with E-state index in [4.69, 9.17) is 27.9 Å². The minimum absolute atomic E-state index is 0.213. The summed E-state index contributed by atoms with van der Waals surface area (Å²) in [6.45, 7) is 6.79. The molecule has 1 aliphatic heterocycles. The minimum atomic E-state index is 0.213. The average Bonchev–Trinajstić information content (AvgIpc) is 2.38. The van der Waals surface area contributed by atoms with Gasteiger partial charge >= 0.3 is 0 Å². The molecule has 18 heavy (non-hydrogen) atoms. The van der Waals surface area contributed by atoms with Gasteiger partial charge in [-0.1, -0.05) is 30.1 Å². The molecular formula is C13H18Cl2N2O. The van der Waals surface area contributed by atoms with Gasteiger partial charge in [0.2, 0.25) is 0 Å². The zero-order chi connectivity index (χ0) is 13.0. The van der Waals surface area contributed by atoms with Gasteiger partial charge in [-0.15, -0.1) is 0 Å². The lowest BCUT2D eigenvalue weighted by Crippen LogP contribution is -2.45. The minimum Gasteiger partial charge on any atom is -0.381 e. The Morgan fingerprint density at radius 2 is 2.28 bits per heavy atom. The first-order chi connectivity index (χ1) is 8.69. The highest BCUT2D eigenvalue weighted by Crippen LogP contribution is 2.25. The van der Waals surface area contributed by atoms with Gasteiger partial charge in [-0.05, 0) is 24.7 Å². The predicted octanol–water partition coefficient (Wildman–Crippen LogP) is 3.13. The van der Waals surface area contributed by atoms with Gasteiger partial charge in [0, 0.05) is 24.7 Å². The SMILES string of the molecule is CCN1CCOC(CNc2ccc(Cl)cc2Cl)C1. The van der Waals surface area contributed by atoms with Crippen LogP contribution in [0.15, 0.2) is 18.2 Å². The molecule has 0 aliphatic carbocycles. The second-order valence-corrected chi connectivity index (χ2v) is 5.23. The summed E-state index contributed by atoms with van der Waals surface area (Å²) in [6.07, 6.45) is 0.213. The van der Waals surface area contributed by atoms with Crippen LogP contribution in [-0.4, -0.2) is 43.8 Å². The molecule has 1 aromatic carbocycles. The molecule has 5 heteroatoms. The summed E-state index contributed by atoms with van der Waals surface area (Å²) in [7, 11) is 0. The van der Waals surface area contributed by atoms with Crippen LogP contribution in [0.1, 0.15) is 6.92 Å². The summed E-state index contributed by atoms with van der Waals surface area (Å²) in [5.74, 6) is 0. The Hall–Kier alpha value is -0.480. The smallest absolute Gasteiger partial charge is 0.0874 e.